The molecule has 7 aromatic rings. The lowest BCUT2D eigenvalue weighted by Gasteiger charge is -2.00. The van der Waals surface area contributed by atoms with Gasteiger partial charge in [-0.3, -0.25) is 0 Å². The normalized spacial score (nSPS) is 12.4. The third-order valence-electron chi connectivity index (χ3n) is 5.87. The number of rotatable bonds is 0. The number of benzene rings is 4. The predicted octanol–water partition coefficient (Wildman–Crippen LogP) is 6.59. The smallest absolute Gasteiger partial charge is 0.0588 e. The molecule has 0 aliphatic heterocycles. The number of hydrogen-bond donors (Lipinski definition) is 3. The van der Waals surface area contributed by atoms with E-state index < -0.39 is 0 Å². The summed E-state index contributed by atoms with van der Waals surface area (Å²) in [5.74, 6) is 0. The highest BCUT2D eigenvalue weighted by Crippen LogP contribution is 2.43. The van der Waals surface area contributed by atoms with Crippen LogP contribution >= 0.6 is 0 Å². The fraction of sp³-hybridized carbons (Fsp3) is 0. The molecule has 3 aromatic heterocycles. The molecule has 0 fully saturated rings. The van der Waals surface area contributed by atoms with Crippen molar-refractivity contribution in [2.75, 3.05) is 0 Å². The average molecular weight is 345 g/mol. The molecule has 0 unspecified atom stereocenters. The number of aromatic nitrogens is 3. The predicted molar refractivity (Wildman–Crippen MR) is 115 cm³/mol. The quantitative estimate of drug-likeness (QED) is 0.278. The third-order valence-corrected chi connectivity index (χ3v) is 5.87. The van der Waals surface area contributed by atoms with E-state index in [0.717, 1.165) is 0 Å². The maximum absolute atomic E-state index is 3.70. The highest BCUT2D eigenvalue weighted by molar-refractivity contribution is 6.38. The van der Waals surface area contributed by atoms with Gasteiger partial charge in [-0.05, 0) is 18.2 Å². The fourth-order valence-corrected chi connectivity index (χ4v) is 4.77. The van der Waals surface area contributed by atoms with E-state index in [9.17, 15) is 0 Å². The lowest BCUT2D eigenvalue weighted by atomic mass is 10.0. The molecule has 3 heterocycles. The van der Waals surface area contributed by atoms with Crippen LogP contribution < -0.4 is 0 Å². The second-order valence-corrected chi connectivity index (χ2v) is 7.26. The Bertz CT molecular complexity index is 1440. The van der Waals surface area contributed by atoms with Crippen LogP contribution in [-0.2, 0) is 0 Å². The molecule has 0 bridgehead atoms. The Kier molecular flexibility index (Phi) is 2.25. The van der Waals surface area contributed by atoms with Gasteiger partial charge in [-0.2, -0.15) is 0 Å². The van der Waals surface area contributed by atoms with Crippen LogP contribution in [-0.4, -0.2) is 15.0 Å². The topological polar surface area (TPSA) is 47.4 Å². The number of fused-ring (bicyclic) bond motifs is 12. The molecule has 0 spiro atoms. The van der Waals surface area contributed by atoms with E-state index in [1.54, 1.807) is 0 Å². The van der Waals surface area contributed by atoms with Gasteiger partial charge in [-0.1, -0.05) is 54.6 Å². The van der Waals surface area contributed by atoms with Crippen molar-refractivity contribution in [1.82, 2.24) is 15.0 Å². The summed E-state index contributed by atoms with van der Waals surface area (Å²) in [7, 11) is 0. The molecule has 0 atom stereocenters. The summed E-state index contributed by atoms with van der Waals surface area (Å²) in [6.45, 7) is 0. The first-order chi connectivity index (χ1) is 13.4. The lowest BCUT2D eigenvalue weighted by Crippen LogP contribution is -1.77. The van der Waals surface area contributed by atoms with Crippen LogP contribution in [0.2, 0.25) is 0 Å². The second kappa shape index (κ2) is 4.51. The summed E-state index contributed by atoms with van der Waals surface area (Å²) in [5.41, 5.74) is 7.11. The van der Waals surface area contributed by atoms with Gasteiger partial charge >= 0.3 is 0 Å². The highest BCUT2D eigenvalue weighted by Gasteiger charge is 2.20. The molecule has 3 heteroatoms. The summed E-state index contributed by atoms with van der Waals surface area (Å²) < 4.78 is 0. The Morgan fingerprint density at radius 1 is 0.370 bits per heavy atom. The summed E-state index contributed by atoms with van der Waals surface area (Å²) in [6, 6.07) is 25.7. The van der Waals surface area contributed by atoms with E-state index in [1.807, 2.05) is 0 Å². The maximum Gasteiger partial charge on any atom is 0.0588 e. The number of nitrogens with one attached hydrogen (secondary N) is 3. The Morgan fingerprint density at radius 2 is 0.667 bits per heavy atom. The summed E-state index contributed by atoms with van der Waals surface area (Å²) >= 11 is 0. The molecule has 0 radical (unpaired) electrons. The maximum atomic E-state index is 3.70. The Balaban J connectivity index is 1.95. The molecule has 0 saturated heterocycles. The molecule has 7 rings (SSSR count). The number of hydrogen-bond acceptors (Lipinski definition) is 0. The van der Waals surface area contributed by atoms with E-state index in [2.05, 4.69) is 87.7 Å². The van der Waals surface area contributed by atoms with E-state index in [4.69, 9.17) is 0 Å². The number of aromatic amines is 3. The molecular weight excluding hydrogens is 330 g/mol. The van der Waals surface area contributed by atoms with Gasteiger partial charge in [-0.15, -0.1) is 0 Å². The Morgan fingerprint density at radius 3 is 1.00 bits per heavy atom. The molecule has 0 aliphatic rings. The molecule has 27 heavy (non-hydrogen) atoms. The van der Waals surface area contributed by atoms with Crippen LogP contribution in [0.5, 0.6) is 0 Å². The van der Waals surface area contributed by atoms with Crippen molar-refractivity contribution < 1.29 is 0 Å². The van der Waals surface area contributed by atoms with Gasteiger partial charge in [0.25, 0.3) is 0 Å². The molecule has 4 aromatic carbocycles. The molecule has 0 aliphatic carbocycles. The van der Waals surface area contributed by atoms with Gasteiger partial charge in [0.1, 0.15) is 0 Å². The zero-order valence-electron chi connectivity index (χ0n) is 14.4. The third kappa shape index (κ3) is 1.53. The van der Waals surface area contributed by atoms with Crippen LogP contribution in [0.25, 0.3) is 65.4 Å². The van der Waals surface area contributed by atoms with Crippen LogP contribution in [0.4, 0.5) is 0 Å². The monoisotopic (exact) mass is 345 g/mol. The number of H-pyrrole nitrogens is 3. The van der Waals surface area contributed by atoms with Crippen LogP contribution in [0, 0.1) is 0 Å². The van der Waals surface area contributed by atoms with Gasteiger partial charge in [-0.25, -0.2) is 0 Å². The van der Waals surface area contributed by atoms with Crippen molar-refractivity contribution in [3.63, 3.8) is 0 Å². The van der Waals surface area contributed by atoms with E-state index in [-0.39, 0.29) is 0 Å². The van der Waals surface area contributed by atoms with Gasteiger partial charge in [0.05, 0.1) is 16.6 Å². The van der Waals surface area contributed by atoms with Gasteiger partial charge < -0.3 is 15.0 Å². The first-order valence-electron chi connectivity index (χ1n) is 9.23. The van der Waals surface area contributed by atoms with Gasteiger partial charge in [0, 0.05) is 48.9 Å². The van der Waals surface area contributed by atoms with Gasteiger partial charge in [0.2, 0.25) is 0 Å². The molecule has 3 N–H and O–H groups in total. The van der Waals surface area contributed by atoms with Gasteiger partial charge in [0.15, 0.2) is 0 Å². The fourth-order valence-electron chi connectivity index (χ4n) is 4.77. The van der Waals surface area contributed by atoms with E-state index in [1.165, 1.54) is 65.4 Å². The molecule has 0 amide bonds. The SMILES string of the molecule is c1ccc2c(c1)[nH]c1c2c2[nH]c3ccccc3c2c2[nH]c3ccccc3c12. The van der Waals surface area contributed by atoms with Crippen LogP contribution in [0.1, 0.15) is 0 Å². The molecule has 126 valence electrons. The van der Waals surface area contributed by atoms with E-state index >= 15 is 0 Å². The summed E-state index contributed by atoms with van der Waals surface area (Å²) in [5, 5.41) is 7.60. The van der Waals surface area contributed by atoms with Crippen molar-refractivity contribution in [3.8, 4) is 0 Å². The van der Waals surface area contributed by atoms with Crippen molar-refractivity contribution >= 4 is 65.4 Å². The first kappa shape index (κ1) is 13.5. The van der Waals surface area contributed by atoms with Crippen molar-refractivity contribution in [2.24, 2.45) is 0 Å². The minimum atomic E-state index is 1.17. The zero-order valence-corrected chi connectivity index (χ0v) is 14.4. The average Bonchev–Trinajstić information content (AvgIpc) is 3.38. The standard InChI is InChI=1S/C24H15N3/c1-4-10-16-13(7-1)19-22(25-16)20-15-9-3-6-12-18(15)27-24(20)21-14-8-2-5-11-17(14)26-23(19)21/h1-12,25-27H. The highest BCUT2D eigenvalue weighted by atomic mass is 14.8. The Labute approximate surface area is 153 Å². The second-order valence-electron chi connectivity index (χ2n) is 7.26. The van der Waals surface area contributed by atoms with Crippen LogP contribution in [0.3, 0.4) is 0 Å². The summed E-state index contributed by atoms with van der Waals surface area (Å²) in [6.07, 6.45) is 0. The molecular formula is C24H15N3. The number of para-hydroxylation sites is 3. The largest absolute Gasteiger partial charge is 0.354 e. The minimum absolute atomic E-state index is 1.17. The van der Waals surface area contributed by atoms with Crippen molar-refractivity contribution in [1.29, 1.82) is 0 Å². The first-order valence-corrected chi connectivity index (χ1v) is 9.23. The molecule has 0 saturated carbocycles. The minimum Gasteiger partial charge on any atom is -0.354 e. The van der Waals surface area contributed by atoms with Crippen LogP contribution in [0.15, 0.2) is 72.8 Å². The van der Waals surface area contributed by atoms with Crippen molar-refractivity contribution in [2.45, 2.75) is 0 Å². The van der Waals surface area contributed by atoms with Crippen molar-refractivity contribution in [3.05, 3.63) is 72.8 Å². The Hall–Kier alpha value is -3.72. The zero-order chi connectivity index (χ0) is 17.5. The van der Waals surface area contributed by atoms with E-state index in [0.29, 0.717) is 0 Å². The lowest BCUT2D eigenvalue weighted by molar-refractivity contribution is 1.54. The summed E-state index contributed by atoms with van der Waals surface area (Å²) in [4.78, 5) is 11.1. The molecule has 3 nitrogen and oxygen atoms in total.